The summed E-state index contributed by atoms with van der Waals surface area (Å²) < 4.78 is 10.8. The Morgan fingerprint density at radius 2 is 2.04 bits per heavy atom. The van der Waals surface area contributed by atoms with Crippen molar-refractivity contribution in [2.24, 2.45) is 0 Å². The van der Waals surface area contributed by atoms with Crippen LogP contribution in [-0.4, -0.2) is 63.4 Å². The zero-order valence-corrected chi connectivity index (χ0v) is 12.7. The van der Waals surface area contributed by atoms with Crippen LogP contribution >= 0.6 is 0 Å². The number of nitro benzene ring substituents is 1. The number of aliphatic hydroxyl groups excluding tert-OH is 3. The first-order valence-corrected chi connectivity index (χ1v) is 7.14. The zero-order chi connectivity index (χ0) is 17.9. The number of hydrogen-bond donors (Lipinski definition) is 4. The molecule has 1 saturated heterocycles. The van der Waals surface area contributed by atoms with Crippen molar-refractivity contribution in [3.8, 4) is 5.75 Å². The molecule has 1 aliphatic heterocycles. The van der Waals surface area contributed by atoms with E-state index in [-0.39, 0.29) is 11.4 Å². The lowest BCUT2D eigenvalue weighted by Crippen LogP contribution is -2.65. The van der Waals surface area contributed by atoms with Crippen LogP contribution in [0.5, 0.6) is 5.75 Å². The van der Waals surface area contributed by atoms with Crippen LogP contribution < -0.4 is 10.1 Å². The van der Waals surface area contributed by atoms with Crippen LogP contribution in [-0.2, 0) is 9.53 Å². The monoisotopic (exact) mass is 342 g/mol. The van der Waals surface area contributed by atoms with E-state index in [0.717, 1.165) is 0 Å². The lowest BCUT2D eigenvalue weighted by molar-refractivity contribution is -0.386. The third-order valence-corrected chi connectivity index (χ3v) is 3.56. The number of benzene rings is 1. The molecule has 0 bridgehead atoms. The second-order valence-corrected chi connectivity index (χ2v) is 5.28. The van der Waals surface area contributed by atoms with Crippen molar-refractivity contribution in [1.82, 2.24) is 5.32 Å². The molecule has 0 aliphatic carbocycles. The number of hydrogen-bond acceptors (Lipinski definition) is 8. The molecule has 0 radical (unpaired) electrons. The molecule has 1 aliphatic rings. The SMILES string of the molecule is CC(=O)N[C@H]1[C@@H](Oc2ccccc2[N+](=O)[O-])O[C@H](CO)[C@H](O)[C@H]1O. The van der Waals surface area contributed by atoms with Gasteiger partial charge in [-0.3, -0.25) is 14.9 Å². The van der Waals surface area contributed by atoms with Crippen molar-refractivity contribution in [3.63, 3.8) is 0 Å². The maximum Gasteiger partial charge on any atom is 0.311 e. The number of nitrogens with one attached hydrogen (secondary N) is 1. The molecule has 0 saturated carbocycles. The second kappa shape index (κ2) is 7.53. The van der Waals surface area contributed by atoms with E-state index in [1.54, 1.807) is 0 Å². The highest BCUT2D eigenvalue weighted by atomic mass is 16.7. The van der Waals surface area contributed by atoms with Crippen LogP contribution in [0.2, 0.25) is 0 Å². The van der Waals surface area contributed by atoms with Crippen LogP contribution in [0.1, 0.15) is 6.92 Å². The summed E-state index contributed by atoms with van der Waals surface area (Å²) in [4.78, 5) is 21.7. The lowest BCUT2D eigenvalue weighted by Gasteiger charge is -2.41. The van der Waals surface area contributed by atoms with Gasteiger partial charge in [0, 0.05) is 13.0 Å². The highest BCUT2D eigenvalue weighted by Crippen LogP contribution is 2.30. The molecular formula is C14H18N2O8. The third-order valence-electron chi connectivity index (χ3n) is 3.56. The number of carbonyl (C=O) groups excluding carboxylic acids is 1. The van der Waals surface area contributed by atoms with Gasteiger partial charge in [0.1, 0.15) is 24.4 Å². The molecule has 5 atom stereocenters. The van der Waals surface area contributed by atoms with Gasteiger partial charge in [0.15, 0.2) is 5.75 Å². The van der Waals surface area contributed by atoms with Crippen molar-refractivity contribution in [2.45, 2.75) is 37.6 Å². The molecule has 1 heterocycles. The molecule has 1 aromatic carbocycles. The van der Waals surface area contributed by atoms with E-state index in [1.807, 2.05) is 0 Å². The van der Waals surface area contributed by atoms with Crippen molar-refractivity contribution in [3.05, 3.63) is 34.4 Å². The van der Waals surface area contributed by atoms with E-state index in [1.165, 1.54) is 31.2 Å². The van der Waals surface area contributed by atoms with Gasteiger partial charge in [-0.25, -0.2) is 0 Å². The average Bonchev–Trinajstić information content (AvgIpc) is 2.54. The van der Waals surface area contributed by atoms with E-state index in [9.17, 15) is 30.2 Å². The van der Waals surface area contributed by atoms with E-state index >= 15 is 0 Å². The van der Waals surface area contributed by atoms with Gasteiger partial charge < -0.3 is 30.1 Å². The number of carbonyl (C=O) groups is 1. The topological polar surface area (TPSA) is 151 Å². The van der Waals surface area contributed by atoms with Gasteiger partial charge in [-0.1, -0.05) is 12.1 Å². The fraction of sp³-hybridized carbons (Fsp3) is 0.500. The van der Waals surface area contributed by atoms with Gasteiger partial charge in [0.2, 0.25) is 12.2 Å². The van der Waals surface area contributed by atoms with E-state index < -0.39 is 48.1 Å². The zero-order valence-electron chi connectivity index (χ0n) is 12.7. The van der Waals surface area contributed by atoms with E-state index in [4.69, 9.17) is 9.47 Å². The van der Waals surface area contributed by atoms with E-state index in [0.29, 0.717) is 0 Å². The molecular weight excluding hydrogens is 324 g/mol. The maximum absolute atomic E-state index is 11.3. The lowest BCUT2D eigenvalue weighted by atomic mass is 9.97. The molecule has 0 aromatic heterocycles. The summed E-state index contributed by atoms with van der Waals surface area (Å²) in [6.45, 7) is 0.584. The summed E-state index contributed by atoms with van der Waals surface area (Å²) in [6.07, 6.45) is -5.46. The number of amides is 1. The molecule has 0 unspecified atom stereocenters. The molecule has 1 amide bonds. The minimum Gasteiger partial charge on any atom is -0.455 e. The van der Waals surface area contributed by atoms with Gasteiger partial charge in [-0.2, -0.15) is 0 Å². The Balaban J connectivity index is 2.30. The Bertz CT molecular complexity index is 610. The third kappa shape index (κ3) is 3.79. The Morgan fingerprint density at radius 1 is 1.38 bits per heavy atom. The first kappa shape index (κ1) is 18.1. The van der Waals surface area contributed by atoms with Crippen molar-refractivity contribution in [2.75, 3.05) is 6.61 Å². The number of para-hydroxylation sites is 2. The summed E-state index contributed by atoms with van der Waals surface area (Å²) in [5.74, 6) is -0.656. The van der Waals surface area contributed by atoms with Crippen LogP contribution in [0.4, 0.5) is 5.69 Å². The smallest absolute Gasteiger partial charge is 0.311 e. The maximum atomic E-state index is 11.3. The van der Waals surface area contributed by atoms with Crippen molar-refractivity contribution in [1.29, 1.82) is 0 Å². The van der Waals surface area contributed by atoms with Crippen LogP contribution in [0, 0.1) is 10.1 Å². The standard InChI is InChI=1S/C14H18N2O8/c1-7(18)15-11-13(20)12(19)10(6-17)24-14(11)23-9-5-3-2-4-8(9)16(21)22/h2-5,10-14,17,19-20H,6H2,1H3,(H,15,18)/t10-,11-,12+,13+,14+/m1/s1. The minimum absolute atomic E-state index is 0.136. The number of aliphatic hydroxyl groups is 3. The predicted octanol–water partition coefficient (Wildman–Crippen LogP) is -1.08. The number of nitrogens with zero attached hydrogens (tertiary/aromatic N) is 1. The largest absolute Gasteiger partial charge is 0.455 e. The van der Waals surface area contributed by atoms with Gasteiger partial charge in [-0.15, -0.1) is 0 Å². The summed E-state index contributed by atoms with van der Waals surface area (Å²) >= 11 is 0. The Morgan fingerprint density at radius 3 is 2.62 bits per heavy atom. The molecule has 132 valence electrons. The summed E-state index contributed by atoms with van der Waals surface area (Å²) in [5.41, 5.74) is -0.330. The summed E-state index contributed by atoms with van der Waals surface area (Å²) in [5, 5.41) is 42.7. The van der Waals surface area contributed by atoms with Crippen LogP contribution in [0.15, 0.2) is 24.3 Å². The van der Waals surface area contributed by atoms with E-state index in [2.05, 4.69) is 5.32 Å². The highest BCUT2D eigenvalue weighted by Gasteiger charge is 2.46. The molecule has 10 heteroatoms. The fourth-order valence-electron chi connectivity index (χ4n) is 2.40. The quantitative estimate of drug-likeness (QED) is 0.389. The molecule has 1 fully saturated rings. The van der Waals surface area contributed by atoms with Gasteiger partial charge >= 0.3 is 5.69 Å². The Hall–Kier alpha value is -2.27. The van der Waals surface area contributed by atoms with Gasteiger partial charge in [-0.05, 0) is 6.07 Å². The normalized spacial score (nSPS) is 29.8. The fourth-order valence-corrected chi connectivity index (χ4v) is 2.40. The van der Waals surface area contributed by atoms with Gasteiger partial charge in [0.05, 0.1) is 11.5 Å². The number of ether oxygens (including phenoxy) is 2. The Labute approximate surface area is 136 Å². The van der Waals surface area contributed by atoms with Crippen molar-refractivity contribution >= 4 is 11.6 Å². The molecule has 0 spiro atoms. The molecule has 2 rings (SSSR count). The minimum atomic E-state index is -1.49. The molecule has 4 N–H and O–H groups in total. The Kier molecular flexibility index (Phi) is 5.67. The second-order valence-electron chi connectivity index (χ2n) is 5.28. The van der Waals surface area contributed by atoms with Crippen molar-refractivity contribution < 1.29 is 34.5 Å². The van der Waals surface area contributed by atoms with Crippen LogP contribution in [0.3, 0.4) is 0 Å². The van der Waals surface area contributed by atoms with Crippen LogP contribution in [0.25, 0.3) is 0 Å². The molecule has 1 aromatic rings. The highest BCUT2D eigenvalue weighted by molar-refractivity contribution is 5.73. The number of nitro groups is 1. The summed E-state index contributed by atoms with van der Waals surface area (Å²) in [6, 6.07) is 4.33. The summed E-state index contributed by atoms with van der Waals surface area (Å²) in [7, 11) is 0. The average molecular weight is 342 g/mol. The first-order chi connectivity index (χ1) is 11.3. The van der Waals surface area contributed by atoms with Gasteiger partial charge in [0.25, 0.3) is 0 Å². The number of rotatable bonds is 5. The predicted molar refractivity (Wildman–Crippen MR) is 79.1 cm³/mol. The molecule has 10 nitrogen and oxygen atoms in total. The first-order valence-electron chi connectivity index (χ1n) is 7.14. The molecule has 24 heavy (non-hydrogen) atoms.